The van der Waals surface area contributed by atoms with E-state index in [1.807, 2.05) is 0 Å². The Morgan fingerprint density at radius 1 is 0.824 bits per heavy atom. The van der Waals surface area contributed by atoms with Crippen LogP contribution < -0.4 is 9.47 Å². The molecule has 0 spiro atoms. The Morgan fingerprint density at radius 3 is 1.94 bits per heavy atom. The molecule has 184 valence electrons. The molecule has 0 aliphatic heterocycles. The van der Waals surface area contributed by atoms with Gasteiger partial charge in [-0.1, -0.05) is 0 Å². The molecule has 0 radical (unpaired) electrons. The fraction of sp³-hybridized carbons (Fsp3) is 0.333. The molecule has 0 saturated heterocycles. The first-order valence-electron chi connectivity index (χ1n) is 9.97. The van der Waals surface area contributed by atoms with E-state index in [0.29, 0.717) is 0 Å². The second-order valence-corrected chi connectivity index (χ2v) is 8.66. The van der Waals surface area contributed by atoms with Gasteiger partial charge in [-0.15, -0.1) is 13.2 Å². The monoisotopic (exact) mass is 486 g/mol. The van der Waals surface area contributed by atoms with Gasteiger partial charge in [-0.3, -0.25) is 4.79 Å². The van der Waals surface area contributed by atoms with E-state index in [2.05, 4.69) is 4.74 Å². The molecule has 0 atom stereocenters. The zero-order valence-electron chi connectivity index (χ0n) is 19.0. The molecule has 2 rings (SSSR count). The van der Waals surface area contributed by atoms with E-state index in [4.69, 9.17) is 9.47 Å². The predicted molar refractivity (Wildman–Crippen MR) is 113 cm³/mol. The van der Waals surface area contributed by atoms with Crippen LogP contribution in [-0.2, 0) is 9.53 Å². The van der Waals surface area contributed by atoms with Crippen LogP contribution in [0, 0.1) is 11.6 Å². The van der Waals surface area contributed by atoms with Gasteiger partial charge in [0.05, 0.1) is 0 Å². The van der Waals surface area contributed by atoms with Crippen LogP contribution in [0.3, 0.4) is 0 Å². The summed E-state index contributed by atoms with van der Waals surface area (Å²) in [5, 5.41) is 0. The quantitative estimate of drug-likeness (QED) is 0.200. The van der Waals surface area contributed by atoms with E-state index < -0.39 is 52.5 Å². The number of esters is 1. The lowest BCUT2D eigenvalue weighted by Crippen LogP contribution is -2.43. The molecule has 10 heteroatoms. The van der Waals surface area contributed by atoms with Gasteiger partial charge in [0, 0.05) is 11.1 Å². The first-order valence-corrected chi connectivity index (χ1v) is 9.97. The van der Waals surface area contributed by atoms with E-state index in [1.54, 1.807) is 20.8 Å². The van der Waals surface area contributed by atoms with Gasteiger partial charge in [0.2, 0.25) is 5.82 Å². The highest BCUT2D eigenvalue weighted by atomic mass is 19.4. The molecule has 0 aliphatic rings. The summed E-state index contributed by atoms with van der Waals surface area (Å²) in [5.41, 5.74) is -2.71. The Bertz CT molecular complexity index is 1080. The van der Waals surface area contributed by atoms with Crippen molar-refractivity contribution < 1.29 is 45.8 Å². The molecule has 34 heavy (non-hydrogen) atoms. The molecule has 0 aliphatic carbocycles. The van der Waals surface area contributed by atoms with Crippen LogP contribution in [0.4, 0.5) is 22.0 Å². The molecule has 0 N–H and O–H groups in total. The molecule has 0 unspecified atom stereocenters. The minimum absolute atomic E-state index is 0.00529. The van der Waals surface area contributed by atoms with Crippen molar-refractivity contribution in [1.29, 1.82) is 0 Å². The summed E-state index contributed by atoms with van der Waals surface area (Å²) in [6.45, 7) is 7.63. The Hall–Kier alpha value is -3.43. The van der Waals surface area contributed by atoms with Crippen LogP contribution in [0.1, 0.15) is 50.5 Å². The van der Waals surface area contributed by atoms with E-state index >= 15 is 0 Å². The first kappa shape index (κ1) is 26.8. The summed E-state index contributed by atoms with van der Waals surface area (Å²) in [7, 11) is 0. The summed E-state index contributed by atoms with van der Waals surface area (Å²) < 4.78 is 80.0. The van der Waals surface area contributed by atoms with Crippen LogP contribution in [0.2, 0.25) is 0 Å². The number of hydrogen-bond acceptors (Lipinski definition) is 5. The van der Waals surface area contributed by atoms with Crippen molar-refractivity contribution >= 4 is 17.8 Å². The number of allylic oxidation sites excluding steroid dienone is 1. The van der Waals surface area contributed by atoms with Crippen LogP contribution in [-0.4, -0.2) is 29.3 Å². The second kappa shape index (κ2) is 9.82. The third-order valence-corrected chi connectivity index (χ3v) is 4.12. The van der Waals surface area contributed by atoms with E-state index in [1.165, 1.54) is 13.8 Å². The maximum Gasteiger partial charge on any atom is 0.573 e. The molecule has 0 amide bonds. The number of ketones is 1. The lowest BCUT2D eigenvalue weighted by Gasteiger charge is -2.29. The molecular formula is C24H23F5O5. The standard InChI is InChI=1S/C24H23F5O5/c1-22(2,3)34-21(31)23(4,5)33-18-13-9-15(19(25)20(18)26)8-12-17(30)14-6-10-16(11-7-14)32-24(27,28)29/h6-13H,1-5H3. The smallest absolute Gasteiger partial charge is 0.473 e. The van der Waals surface area contributed by atoms with Crippen LogP contribution in [0.25, 0.3) is 6.08 Å². The number of alkyl halides is 3. The number of carbonyl (C=O) groups excluding carboxylic acids is 2. The molecule has 5 nitrogen and oxygen atoms in total. The van der Waals surface area contributed by atoms with Crippen molar-refractivity contribution in [2.75, 3.05) is 0 Å². The predicted octanol–water partition coefficient (Wildman–Crippen LogP) is 6.26. The normalized spacial score (nSPS) is 12.5. The molecular weight excluding hydrogens is 463 g/mol. The third kappa shape index (κ3) is 7.57. The maximum absolute atomic E-state index is 14.5. The number of halogens is 5. The number of carbonyl (C=O) groups is 2. The zero-order chi connectivity index (χ0) is 25.9. The highest BCUT2D eigenvalue weighted by molar-refractivity contribution is 6.06. The minimum atomic E-state index is -4.87. The molecule has 2 aromatic carbocycles. The van der Waals surface area contributed by atoms with Gasteiger partial charge < -0.3 is 14.2 Å². The van der Waals surface area contributed by atoms with Gasteiger partial charge in [0.25, 0.3) is 0 Å². The summed E-state index contributed by atoms with van der Waals surface area (Å²) in [4.78, 5) is 24.5. The molecule has 2 aromatic rings. The van der Waals surface area contributed by atoms with Crippen LogP contribution in [0.5, 0.6) is 11.5 Å². The first-order chi connectivity index (χ1) is 15.5. The van der Waals surface area contributed by atoms with Crippen molar-refractivity contribution in [3.63, 3.8) is 0 Å². The van der Waals surface area contributed by atoms with Crippen LogP contribution >= 0.6 is 0 Å². The van der Waals surface area contributed by atoms with E-state index in [9.17, 15) is 31.5 Å². The lowest BCUT2D eigenvalue weighted by atomic mass is 10.1. The number of hydrogen-bond donors (Lipinski definition) is 0. The average molecular weight is 486 g/mol. The minimum Gasteiger partial charge on any atom is -0.473 e. The van der Waals surface area contributed by atoms with E-state index in [-0.39, 0.29) is 11.1 Å². The van der Waals surface area contributed by atoms with Crippen molar-refractivity contribution in [2.24, 2.45) is 0 Å². The number of rotatable bonds is 7. The Morgan fingerprint density at radius 2 is 1.41 bits per heavy atom. The molecule has 0 heterocycles. The summed E-state index contributed by atoms with van der Waals surface area (Å²) in [6.07, 6.45) is -2.93. The van der Waals surface area contributed by atoms with Gasteiger partial charge in [0.15, 0.2) is 23.0 Å². The fourth-order valence-corrected chi connectivity index (χ4v) is 2.55. The Balaban J connectivity index is 2.15. The highest BCUT2D eigenvalue weighted by Gasteiger charge is 2.36. The van der Waals surface area contributed by atoms with Crippen molar-refractivity contribution in [2.45, 2.75) is 52.2 Å². The second-order valence-electron chi connectivity index (χ2n) is 8.66. The van der Waals surface area contributed by atoms with Crippen molar-refractivity contribution in [3.05, 3.63) is 65.2 Å². The summed E-state index contributed by atoms with van der Waals surface area (Å²) in [6, 6.07) is 6.34. The van der Waals surface area contributed by atoms with Gasteiger partial charge >= 0.3 is 12.3 Å². The number of benzene rings is 2. The summed E-state index contributed by atoms with van der Waals surface area (Å²) >= 11 is 0. The largest absolute Gasteiger partial charge is 0.573 e. The van der Waals surface area contributed by atoms with Crippen LogP contribution in [0.15, 0.2) is 42.5 Å². The topological polar surface area (TPSA) is 61.8 Å². The molecule has 0 aromatic heterocycles. The molecule has 0 fully saturated rings. The number of ether oxygens (including phenoxy) is 3. The molecule has 0 bridgehead atoms. The highest BCUT2D eigenvalue weighted by Crippen LogP contribution is 2.28. The average Bonchev–Trinajstić information content (AvgIpc) is 2.68. The van der Waals surface area contributed by atoms with E-state index in [0.717, 1.165) is 48.6 Å². The van der Waals surface area contributed by atoms with Gasteiger partial charge in [0.1, 0.15) is 11.4 Å². The zero-order valence-corrected chi connectivity index (χ0v) is 19.0. The van der Waals surface area contributed by atoms with Crippen molar-refractivity contribution in [3.8, 4) is 11.5 Å². The fourth-order valence-electron chi connectivity index (χ4n) is 2.55. The SMILES string of the molecule is CC(C)(C)OC(=O)C(C)(C)Oc1ccc(C=CC(=O)c2ccc(OC(F)(F)F)cc2)c(F)c1F. The van der Waals surface area contributed by atoms with Gasteiger partial charge in [-0.25, -0.2) is 9.18 Å². The molecule has 0 saturated carbocycles. The van der Waals surface area contributed by atoms with Crippen molar-refractivity contribution in [1.82, 2.24) is 0 Å². The van der Waals surface area contributed by atoms with Gasteiger partial charge in [-0.05, 0) is 83.2 Å². The third-order valence-electron chi connectivity index (χ3n) is 4.12. The van der Waals surface area contributed by atoms with Gasteiger partial charge in [-0.2, -0.15) is 4.39 Å². The maximum atomic E-state index is 14.5. The lowest BCUT2D eigenvalue weighted by molar-refractivity contribution is -0.274. The Labute approximate surface area is 193 Å². The summed E-state index contributed by atoms with van der Waals surface area (Å²) in [5.74, 6) is -5.18. The Kier molecular flexibility index (Phi) is 7.75.